The van der Waals surface area contributed by atoms with Crippen molar-refractivity contribution in [3.63, 3.8) is 0 Å². The maximum atomic E-state index is 10.8. The van der Waals surface area contributed by atoms with Gasteiger partial charge in [0.15, 0.2) is 6.10 Å². The van der Waals surface area contributed by atoms with Crippen molar-refractivity contribution in [2.75, 3.05) is 12.5 Å². The first kappa shape index (κ1) is 7.88. The van der Waals surface area contributed by atoms with Crippen LogP contribution in [0.15, 0.2) is 0 Å². The van der Waals surface area contributed by atoms with Crippen molar-refractivity contribution in [3.8, 4) is 0 Å². The molecular weight excluding hydrogens is 152 g/mol. The fourth-order valence-electron chi connectivity index (χ4n) is 0.920. The van der Waals surface area contributed by atoms with Gasteiger partial charge in [0.1, 0.15) is 5.94 Å². The highest BCUT2D eigenvalue weighted by molar-refractivity contribution is 7.80. The molecule has 3 nitrogen and oxygen atoms in total. The molecule has 1 atom stereocenters. The Labute approximate surface area is 65.1 Å². The second-order valence-corrected chi connectivity index (χ2v) is 2.35. The van der Waals surface area contributed by atoms with Gasteiger partial charge in [-0.3, -0.25) is 0 Å². The lowest BCUT2D eigenvalue weighted by Crippen LogP contribution is -2.21. The molecule has 1 fully saturated rings. The Kier molecular flexibility index (Phi) is 3.02. The molecule has 0 amide bonds. The average molecular weight is 162 g/mol. The highest BCUT2D eigenvalue weighted by atomic mass is 32.1. The third-order valence-electron chi connectivity index (χ3n) is 1.40. The van der Waals surface area contributed by atoms with E-state index in [9.17, 15) is 4.79 Å². The summed E-state index contributed by atoms with van der Waals surface area (Å²) in [4.78, 5) is 10.8. The van der Waals surface area contributed by atoms with Gasteiger partial charge in [-0.05, 0) is 12.8 Å². The van der Waals surface area contributed by atoms with Gasteiger partial charge >= 0.3 is 5.97 Å². The SMILES string of the molecule is O=C(OCS)C1CCCO1. The molecule has 4 heteroatoms. The molecular formula is C6H10O3S. The van der Waals surface area contributed by atoms with Gasteiger partial charge in [-0.15, -0.1) is 12.6 Å². The van der Waals surface area contributed by atoms with Crippen LogP contribution in [0.5, 0.6) is 0 Å². The van der Waals surface area contributed by atoms with E-state index < -0.39 is 0 Å². The highest BCUT2D eigenvalue weighted by Gasteiger charge is 2.24. The predicted molar refractivity (Wildman–Crippen MR) is 38.9 cm³/mol. The Morgan fingerprint density at radius 1 is 1.80 bits per heavy atom. The first-order valence-electron chi connectivity index (χ1n) is 3.23. The summed E-state index contributed by atoms with van der Waals surface area (Å²) in [7, 11) is 0. The van der Waals surface area contributed by atoms with E-state index in [1.807, 2.05) is 0 Å². The molecule has 0 bridgehead atoms. The van der Waals surface area contributed by atoms with Crippen LogP contribution in [0.4, 0.5) is 0 Å². The lowest BCUT2D eigenvalue weighted by atomic mass is 10.2. The van der Waals surface area contributed by atoms with Crippen LogP contribution in [-0.2, 0) is 14.3 Å². The smallest absolute Gasteiger partial charge is 0.336 e. The summed E-state index contributed by atoms with van der Waals surface area (Å²) in [6.45, 7) is 0.673. The Morgan fingerprint density at radius 3 is 3.10 bits per heavy atom. The minimum atomic E-state index is -0.327. The molecule has 0 spiro atoms. The largest absolute Gasteiger partial charge is 0.453 e. The fraction of sp³-hybridized carbons (Fsp3) is 0.833. The van der Waals surface area contributed by atoms with Gasteiger partial charge in [-0.1, -0.05) is 0 Å². The molecule has 1 aliphatic rings. The maximum absolute atomic E-state index is 10.8. The van der Waals surface area contributed by atoms with Crippen LogP contribution < -0.4 is 0 Å². The highest BCUT2D eigenvalue weighted by Crippen LogP contribution is 2.12. The van der Waals surface area contributed by atoms with Crippen molar-refractivity contribution in [1.29, 1.82) is 0 Å². The van der Waals surface area contributed by atoms with E-state index in [4.69, 9.17) is 4.74 Å². The van der Waals surface area contributed by atoms with Crippen molar-refractivity contribution in [3.05, 3.63) is 0 Å². The molecule has 10 heavy (non-hydrogen) atoms. The summed E-state index contributed by atoms with van der Waals surface area (Å²) in [5, 5.41) is 0. The standard InChI is InChI=1S/C6H10O3S/c7-6(9-4-10)5-2-1-3-8-5/h5,10H,1-4H2. The van der Waals surface area contributed by atoms with E-state index >= 15 is 0 Å². The zero-order chi connectivity index (χ0) is 7.40. The maximum Gasteiger partial charge on any atom is 0.336 e. The van der Waals surface area contributed by atoms with Gasteiger partial charge in [0.2, 0.25) is 0 Å². The lowest BCUT2D eigenvalue weighted by Gasteiger charge is -2.06. The molecule has 0 aromatic carbocycles. The number of rotatable bonds is 2. The van der Waals surface area contributed by atoms with Crippen LogP contribution in [-0.4, -0.2) is 24.6 Å². The van der Waals surface area contributed by atoms with E-state index in [-0.39, 0.29) is 18.0 Å². The molecule has 0 saturated carbocycles. The van der Waals surface area contributed by atoms with Crippen molar-refractivity contribution >= 4 is 18.6 Å². The van der Waals surface area contributed by atoms with E-state index in [0.717, 1.165) is 12.8 Å². The van der Waals surface area contributed by atoms with Crippen LogP contribution in [0, 0.1) is 0 Å². The van der Waals surface area contributed by atoms with Crippen molar-refractivity contribution in [1.82, 2.24) is 0 Å². The molecule has 1 unspecified atom stereocenters. The van der Waals surface area contributed by atoms with Crippen LogP contribution in [0.3, 0.4) is 0 Å². The number of ether oxygens (including phenoxy) is 2. The zero-order valence-corrected chi connectivity index (χ0v) is 6.47. The average Bonchev–Trinajstić information content (AvgIpc) is 2.38. The normalized spacial score (nSPS) is 24.7. The van der Waals surface area contributed by atoms with Crippen LogP contribution in [0.25, 0.3) is 0 Å². The zero-order valence-electron chi connectivity index (χ0n) is 5.58. The Bertz CT molecular complexity index is 120. The first-order chi connectivity index (χ1) is 4.84. The molecule has 58 valence electrons. The summed E-state index contributed by atoms with van der Waals surface area (Å²) in [5.41, 5.74) is 0. The second kappa shape index (κ2) is 3.83. The van der Waals surface area contributed by atoms with Crippen molar-refractivity contribution < 1.29 is 14.3 Å². The van der Waals surface area contributed by atoms with Gasteiger partial charge in [0.05, 0.1) is 0 Å². The number of hydrogen-bond donors (Lipinski definition) is 1. The van der Waals surface area contributed by atoms with Gasteiger partial charge in [0, 0.05) is 6.61 Å². The Morgan fingerprint density at radius 2 is 2.60 bits per heavy atom. The number of esters is 1. The molecule has 1 saturated heterocycles. The van der Waals surface area contributed by atoms with E-state index in [1.54, 1.807) is 0 Å². The number of thiol groups is 1. The van der Waals surface area contributed by atoms with Crippen molar-refractivity contribution in [2.45, 2.75) is 18.9 Å². The summed E-state index contributed by atoms with van der Waals surface area (Å²) < 4.78 is 9.68. The molecule has 1 aliphatic heterocycles. The van der Waals surface area contributed by atoms with E-state index in [1.165, 1.54) is 0 Å². The predicted octanol–water partition coefficient (Wildman–Crippen LogP) is 0.596. The molecule has 1 rings (SSSR count). The molecule has 1 heterocycles. The quantitative estimate of drug-likeness (QED) is 0.367. The minimum Gasteiger partial charge on any atom is -0.453 e. The number of hydrogen-bond acceptors (Lipinski definition) is 4. The summed E-state index contributed by atoms with van der Waals surface area (Å²) in [6, 6.07) is 0. The fourth-order valence-corrected chi connectivity index (χ4v) is 1.05. The van der Waals surface area contributed by atoms with Crippen molar-refractivity contribution in [2.24, 2.45) is 0 Å². The summed E-state index contributed by atoms with van der Waals surface area (Å²) >= 11 is 3.75. The van der Waals surface area contributed by atoms with E-state index in [0.29, 0.717) is 6.61 Å². The van der Waals surface area contributed by atoms with Crippen LogP contribution in [0.2, 0.25) is 0 Å². The van der Waals surface area contributed by atoms with Gasteiger partial charge in [-0.2, -0.15) is 0 Å². The van der Waals surface area contributed by atoms with Gasteiger partial charge in [0.25, 0.3) is 0 Å². The Hall–Kier alpha value is -0.220. The Balaban J connectivity index is 2.25. The molecule has 0 aromatic rings. The van der Waals surface area contributed by atoms with Crippen LogP contribution >= 0.6 is 12.6 Å². The summed E-state index contributed by atoms with van der Waals surface area (Å²) in [5.74, 6) is -0.147. The molecule has 0 radical (unpaired) electrons. The molecule has 0 aliphatic carbocycles. The van der Waals surface area contributed by atoms with Gasteiger partial charge < -0.3 is 9.47 Å². The first-order valence-corrected chi connectivity index (χ1v) is 3.87. The molecule has 0 N–H and O–H groups in total. The number of carbonyl (C=O) groups is 1. The summed E-state index contributed by atoms with van der Waals surface area (Å²) in [6.07, 6.45) is 1.41. The van der Waals surface area contributed by atoms with E-state index in [2.05, 4.69) is 17.4 Å². The lowest BCUT2D eigenvalue weighted by molar-refractivity contribution is -0.151. The second-order valence-electron chi connectivity index (χ2n) is 2.09. The third-order valence-corrected chi connectivity index (χ3v) is 1.53. The third kappa shape index (κ3) is 1.88. The molecule has 0 aromatic heterocycles. The number of carbonyl (C=O) groups excluding carboxylic acids is 1. The topological polar surface area (TPSA) is 35.5 Å². The van der Waals surface area contributed by atoms with Crippen LogP contribution in [0.1, 0.15) is 12.8 Å². The monoisotopic (exact) mass is 162 g/mol. The van der Waals surface area contributed by atoms with Gasteiger partial charge in [-0.25, -0.2) is 4.79 Å². The minimum absolute atomic E-state index is 0.138.